The number of hydrogen-bond acceptors (Lipinski definition) is 3. The van der Waals surface area contributed by atoms with E-state index in [0.717, 1.165) is 6.42 Å². The molecule has 1 saturated heterocycles. The third-order valence-electron chi connectivity index (χ3n) is 2.26. The zero-order valence-electron chi connectivity index (χ0n) is 7.37. The Morgan fingerprint density at radius 2 is 2.42 bits per heavy atom. The first kappa shape index (κ1) is 9.03. The van der Waals surface area contributed by atoms with Crippen LogP contribution < -0.4 is 0 Å². The lowest BCUT2D eigenvalue weighted by Gasteiger charge is -2.17. The van der Waals surface area contributed by atoms with Gasteiger partial charge in [0, 0.05) is 19.5 Å². The summed E-state index contributed by atoms with van der Waals surface area (Å²) in [5, 5.41) is 0. The van der Waals surface area contributed by atoms with Crippen LogP contribution in [-0.4, -0.2) is 37.0 Å². The van der Waals surface area contributed by atoms with E-state index in [1.54, 1.807) is 11.9 Å². The second kappa shape index (κ2) is 3.56. The largest absolute Gasteiger partial charge is 0.469 e. The molecule has 1 rings (SSSR count). The van der Waals surface area contributed by atoms with E-state index in [0.29, 0.717) is 12.8 Å². The van der Waals surface area contributed by atoms with E-state index in [1.807, 2.05) is 0 Å². The summed E-state index contributed by atoms with van der Waals surface area (Å²) in [4.78, 5) is 23.5. The zero-order chi connectivity index (χ0) is 9.14. The number of amides is 1. The molecule has 0 aromatic rings. The van der Waals surface area contributed by atoms with Gasteiger partial charge < -0.3 is 9.64 Å². The number of carbonyl (C=O) groups excluding carboxylic acids is 2. The molecule has 1 aliphatic rings. The van der Waals surface area contributed by atoms with Gasteiger partial charge in [-0.15, -0.1) is 0 Å². The van der Waals surface area contributed by atoms with Gasteiger partial charge in [0.15, 0.2) is 0 Å². The van der Waals surface area contributed by atoms with E-state index in [2.05, 4.69) is 4.74 Å². The molecule has 0 radical (unpaired) electrons. The number of likely N-dealkylation sites (tertiary alicyclic amines) is 1. The van der Waals surface area contributed by atoms with E-state index >= 15 is 0 Å². The van der Waals surface area contributed by atoms with E-state index in [9.17, 15) is 9.59 Å². The van der Waals surface area contributed by atoms with Crippen molar-refractivity contribution < 1.29 is 14.3 Å². The van der Waals surface area contributed by atoms with Crippen LogP contribution in [0.1, 0.15) is 19.3 Å². The second-order valence-corrected chi connectivity index (χ2v) is 2.98. The maximum Gasteiger partial charge on any atom is 0.307 e. The van der Waals surface area contributed by atoms with Gasteiger partial charge in [-0.3, -0.25) is 9.59 Å². The molecule has 0 bridgehead atoms. The first-order valence-corrected chi connectivity index (χ1v) is 3.97. The van der Waals surface area contributed by atoms with Crippen molar-refractivity contribution >= 4 is 11.9 Å². The van der Waals surface area contributed by atoms with E-state index in [-0.39, 0.29) is 17.9 Å². The summed E-state index contributed by atoms with van der Waals surface area (Å²) >= 11 is 0. The second-order valence-electron chi connectivity index (χ2n) is 2.98. The fourth-order valence-corrected chi connectivity index (χ4v) is 1.38. The van der Waals surface area contributed by atoms with Crippen molar-refractivity contribution in [2.75, 3.05) is 14.2 Å². The van der Waals surface area contributed by atoms with Crippen molar-refractivity contribution in [1.29, 1.82) is 0 Å². The summed E-state index contributed by atoms with van der Waals surface area (Å²) < 4.78 is 4.52. The molecule has 0 saturated carbocycles. The molecule has 0 spiro atoms. The van der Waals surface area contributed by atoms with Crippen LogP contribution in [0.3, 0.4) is 0 Å². The normalized spacial score (nSPS) is 23.0. The number of rotatable bonds is 2. The molecule has 0 aromatic carbocycles. The number of methoxy groups -OCH3 is 1. The predicted molar refractivity (Wildman–Crippen MR) is 42.4 cm³/mol. The van der Waals surface area contributed by atoms with Crippen molar-refractivity contribution in [3.05, 3.63) is 0 Å². The van der Waals surface area contributed by atoms with Gasteiger partial charge in [-0.25, -0.2) is 0 Å². The maximum atomic E-state index is 11.0. The van der Waals surface area contributed by atoms with Gasteiger partial charge in [-0.05, 0) is 6.42 Å². The van der Waals surface area contributed by atoms with Crippen LogP contribution in [0.15, 0.2) is 0 Å². The number of carbonyl (C=O) groups is 2. The smallest absolute Gasteiger partial charge is 0.307 e. The van der Waals surface area contributed by atoms with E-state index < -0.39 is 0 Å². The molecule has 0 aliphatic carbocycles. The van der Waals surface area contributed by atoms with Crippen LogP contribution in [0.5, 0.6) is 0 Å². The third-order valence-corrected chi connectivity index (χ3v) is 2.26. The summed E-state index contributed by atoms with van der Waals surface area (Å²) in [5.74, 6) is -0.134. The lowest BCUT2D eigenvalue weighted by atomic mass is 10.1. The molecule has 1 aliphatic heterocycles. The Balaban J connectivity index is 2.44. The summed E-state index contributed by atoms with van der Waals surface area (Å²) in [6.45, 7) is 0. The van der Waals surface area contributed by atoms with Crippen molar-refractivity contribution in [2.45, 2.75) is 25.3 Å². The standard InChI is InChI=1S/C8H13NO3/c1-9-6(3-4-7(9)10)5-8(11)12-2/h6H,3-5H2,1-2H3. The molecule has 1 heterocycles. The van der Waals surface area contributed by atoms with Gasteiger partial charge in [0.05, 0.1) is 13.5 Å². The molecule has 1 atom stereocenters. The number of esters is 1. The highest BCUT2D eigenvalue weighted by molar-refractivity contribution is 5.80. The predicted octanol–water partition coefficient (Wildman–Crippen LogP) is 0.170. The van der Waals surface area contributed by atoms with Gasteiger partial charge in [0.25, 0.3) is 0 Å². The zero-order valence-corrected chi connectivity index (χ0v) is 7.37. The Bertz CT molecular complexity index is 202. The van der Waals surface area contributed by atoms with Crippen LogP contribution in [0, 0.1) is 0 Å². The van der Waals surface area contributed by atoms with Crippen LogP contribution >= 0.6 is 0 Å². The molecule has 4 nitrogen and oxygen atoms in total. The topological polar surface area (TPSA) is 46.6 Å². The molecular formula is C8H13NO3. The monoisotopic (exact) mass is 171 g/mol. The summed E-state index contributed by atoms with van der Waals surface area (Å²) in [5.41, 5.74) is 0. The summed E-state index contributed by atoms with van der Waals surface area (Å²) in [7, 11) is 3.09. The number of hydrogen-bond donors (Lipinski definition) is 0. The summed E-state index contributed by atoms with van der Waals surface area (Å²) in [6.07, 6.45) is 1.64. The van der Waals surface area contributed by atoms with Gasteiger partial charge in [0.1, 0.15) is 0 Å². The van der Waals surface area contributed by atoms with Crippen molar-refractivity contribution in [1.82, 2.24) is 4.90 Å². The highest BCUT2D eigenvalue weighted by atomic mass is 16.5. The molecule has 1 unspecified atom stereocenters. The fraction of sp³-hybridized carbons (Fsp3) is 0.750. The first-order valence-electron chi connectivity index (χ1n) is 3.97. The molecule has 1 amide bonds. The Morgan fingerprint density at radius 1 is 1.75 bits per heavy atom. The van der Waals surface area contributed by atoms with Crippen LogP contribution in [-0.2, 0) is 14.3 Å². The molecule has 0 aromatic heterocycles. The molecule has 12 heavy (non-hydrogen) atoms. The van der Waals surface area contributed by atoms with Crippen molar-refractivity contribution in [3.8, 4) is 0 Å². The fourth-order valence-electron chi connectivity index (χ4n) is 1.38. The Labute approximate surface area is 71.5 Å². The van der Waals surface area contributed by atoms with Gasteiger partial charge in [0.2, 0.25) is 5.91 Å². The van der Waals surface area contributed by atoms with Crippen molar-refractivity contribution in [3.63, 3.8) is 0 Å². The lowest BCUT2D eigenvalue weighted by molar-refractivity contribution is -0.142. The van der Waals surface area contributed by atoms with E-state index in [1.165, 1.54) is 7.11 Å². The van der Waals surface area contributed by atoms with Gasteiger partial charge in [-0.2, -0.15) is 0 Å². The molecule has 4 heteroatoms. The minimum atomic E-state index is -0.249. The number of nitrogens with zero attached hydrogens (tertiary/aromatic N) is 1. The summed E-state index contributed by atoms with van der Waals surface area (Å²) in [6, 6.07) is 0.0462. The highest BCUT2D eigenvalue weighted by Crippen LogP contribution is 2.19. The average Bonchev–Trinajstić information content (AvgIpc) is 2.36. The molecular weight excluding hydrogens is 158 g/mol. The SMILES string of the molecule is COC(=O)CC1CCC(=O)N1C. The average molecular weight is 171 g/mol. The van der Waals surface area contributed by atoms with Gasteiger partial charge >= 0.3 is 5.97 Å². The first-order chi connectivity index (χ1) is 5.65. The lowest BCUT2D eigenvalue weighted by Crippen LogP contribution is -2.30. The van der Waals surface area contributed by atoms with Gasteiger partial charge in [-0.1, -0.05) is 0 Å². The van der Waals surface area contributed by atoms with E-state index in [4.69, 9.17) is 0 Å². The Kier molecular flexibility index (Phi) is 2.68. The van der Waals surface area contributed by atoms with Crippen LogP contribution in [0.25, 0.3) is 0 Å². The Morgan fingerprint density at radius 3 is 2.83 bits per heavy atom. The Hall–Kier alpha value is -1.06. The van der Waals surface area contributed by atoms with Crippen LogP contribution in [0.2, 0.25) is 0 Å². The number of ether oxygens (including phenoxy) is 1. The van der Waals surface area contributed by atoms with Crippen LogP contribution in [0.4, 0.5) is 0 Å². The quantitative estimate of drug-likeness (QED) is 0.556. The third kappa shape index (κ3) is 1.75. The minimum Gasteiger partial charge on any atom is -0.469 e. The molecule has 0 N–H and O–H groups in total. The van der Waals surface area contributed by atoms with Crippen molar-refractivity contribution in [2.24, 2.45) is 0 Å². The molecule has 68 valence electrons. The molecule has 1 fully saturated rings. The minimum absolute atomic E-state index is 0.0462. The maximum absolute atomic E-state index is 11.0. The highest BCUT2D eigenvalue weighted by Gasteiger charge is 2.29.